The van der Waals surface area contributed by atoms with Crippen molar-refractivity contribution >= 4 is 15.9 Å². The lowest BCUT2D eigenvalue weighted by molar-refractivity contribution is -0.119. The maximum Gasteiger partial charge on any atom is 0.241 e. The highest BCUT2D eigenvalue weighted by molar-refractivity contribution is 7.89. The fourth-order valence-corrected chi connectivity index (χ4v) is 3.25. The number of amides is 1. The van der Waals surface area contributed by atoms with Crippen molar-refractivity contribution in [2.24, 2.45) is 0 Å². The SMILES string of the molecule is Cc1ccc(S(=O)(=O)NCC(=O)NCCc2ccc(F)cc2)cc1C. The molecule has 0 saturated carbocycles. The Labute approximate surface area is 147 Å². The molecule has 0 saturated heterocycles. The molecule has 1 amide bonds. The number of rotatable bonds is 7. The van der Waals surface area contributed by atoms with Crippen LogP contribution in [0.3, 0.4) is 0 Å². The van der Waals surface area contributed by atoms with E-state index in [2.05, 4.69) is 10.0 Å². The van der Waals surface area contributed by atoms with E-state index in [0.717, 1.165) is 16.7 Å². The van der Waals surface area contributed by atoms with E-state index in [1.165, 1.54) is 18.2 Å². The van der Waals surface area contributed by atoms with Crippen molar-refractivity contribution in [3.05, 3.63) is 65.0 Å². The van der Waals surface area contributed by atoms with E-state index in [-0.39, 0.29) is 17.3 Å². The summed E-state index contributed by atoms with van der Waals surface area (Å²) in [4.78, 5) is 11.9. The number of benzene rings is 2. The Morgan fingerprint density at radius 3 is 2.36 bits per heavy atom. The molecule has 0 aliphatic rings. The largest absolute Gasteiger partial charge is 0.355 e. The van der Waals surface area contributed by atoms with Crippen LogP contribution in [0.25, 0.3) is 0 Å². The predicted molar refractivity (Wildman–Crippen MR) is 94.2 cm³/mol. The van der Waals surface area contributed by atoms with Crippen molar-refractivity contribution in [1.29, 1.82) is 0 Å². The van der Waals surface area contributed by atoms with E-state index in [4.69, 9.17) is 0 Å². The Balaban J connectivity index is 1.82. The summed E-state index contributed by atoms with van der Waals surface area (Å²) in [6.07, 6.45) is 0.538. The lowest BCUT2D eigenvalue weighted by Gasteiger charge is -2.09. The third-order valence-corrected chi connectivity index (χ3v) is 5.26. The van der Waals surface area contributed by atoms with Crippen molar-refractivity contribution in [2.75, 3.05) is 13.1 Å². The van der Waals surface area contributed by atoms with Gasteiger partial charge in [0.2, 0.25) is 15.9 Å². The fraction of sp³-hybridized carbons (Fsp3) is 0.278. The second-order valence-electron chi connectivity index (χ2n) is 5.80. The zero-order valence-electron chi connectivity index (χ0n) is 14.2. The van der Waals surface area contributed by atoms with Crippen LogP contribution in [0.1, 0.15) is 16.7 Å². The van der Waals surface area contributed by atoms with Gasteiger partial charge in [-0.3, -0.25) is 4.79 Å². The second-order valence-corrected chi connectivity index (χ2v) is 7.56. The van der Waals surface area contributed by atoms with Gasteiger partial charge in [-0.1, -0.05) is 18.2 Å². The van der Waals surface area contributed by atoms with Crippen molar-refractivity contribution in [3.63, 3.8) is 0 Å². The average molecular weight is 364 g/mol. The Morgan fingerprint density at radius 2 is 1.72 bits per heavy atom. The molecule has 0 spiro atoms. The quantitative estimate of drug-likeness (QED) is 0.790. The Bertz CT molecular complexity index is 849. The van der Waals surface area contributed by atoms with Gasteiger partial charge in [-0.2, -0.15) is 0 Å². The van der Waals surface area contributed by atoms with Gasteiger partial charge >= 0.3 is 0 Å². The Hall–Kier alpha value is -2.25. The molecule has 134 valence electrons. The van der Waals surface area contributed by atoms with Gasteiger partial charge in [0.15, 0.2) is 0 Å². The molecule has 2 aromatic carbocycles. The van der Waals surface area contributed by atoms with Crippen LogP contribution in [0.15, 0.2) is 47.4 Å². The Kier molecular flexibility index (Phi) is 6.27. The number of aryl methyl sites for hydroxylation is 2. The summed E-state index contributed by atoms with van der Waals surface area (Å²) in [6, 6.07) is 10.8. The number of hydrogen-bond acceptors (Lipinski definition) is 3. The summed E-state index contributed by atoms with van der Waals surface area (Å²) in [7, 11) is -3.73. The van der Waals surface area contributed by atoms with Crippen LogP contribution in [0, 0.1) is 19.7 Å². The summed E-state index contributed by atoms with van der Waals surface area (Å²) in [5, 5.41) is 2.63. The average Bonchev–Trinajstić information content (AvgIpc) is 2.57. The summed E-state index contributed by atoms with van der Waals surface area (Å²) < 4.78 is 39.5. The summed E-state index contributed by atoms with van der Waals surface area (Å²) in [6.45, 7) is 3.73. The fourth-order valence-electron chi connectivity index (χ4n) is 2.18. The van der Waals surface area contributed by atoms with Crippen molar-refractivity contribution in [1.82, 2.24) is 10.0 Å². The highest BCUT2D eigenvalue weighted by Gasteiger charge is 2.15. The summed E-state index contributed by atoms with van der Waals surface area (Å²) in [5.41, 5.74) is 2.75. The number of nitrogens with one attached hydrogen (secondary N) is 2. The van der Waals surface area contributed by atoms with Gasteiger partial charge in [0, 0.05) is 6.54 Å². The first-order valence-corrected chi connectivity index (χ1v) is 9.34. The number of carbonyl (C=O) groups excluding carboxylic acids is 1. The lowest BCUT2D eigenvalue weighted by Crippen LogP contribution is -2.37. The highest BCUT2D eigenvalue weighted by Crippen LogP contribution is 2.14. The van der Waals surface area contributed by atoms with Gasteiger partial charge in [-0.05, 0) is 61.2 Å². The number of hydrogen-bond donors (Lipinski definition) is 2. The lowest BCUT2D eigenvalue weighted by atomic mass is 10.1. The minimum Gasteiger partial charge on any atom is -0.355 e. The molecule has 7 heteroatoms. The monoisotopic (exact) mass is 364 g/mol. The zero-order valence-corrected chi connectivity index (χ0v) is 15.0. The minimum absolute atomic E-state index is 0.134. The molecule has 2 aromatic rings. The molecule has 2 rings (SSSR count). The first-order chi connectivity index (χ1) is 11.8. The molecule has 0 aliphatic carbocycles. The molecular weight excluding hydrogens is 343 g/mol. The second kappa shape index (κ2) is 8.22. The molecule has 0 unspecified atom stereocenters. The molecule has 0 heterocycles. The van der Waals surface area contributed by atoms with E-state index in [1.807, 2.05) is 13.8 Å². The van der Waals surface area contributed by atoms with Gasteiger partial charge in [-0.25, -0.2) is 17.5 Å². The predicted octanol–water partition coefficient (Wildman–Crippen LogP) is 2.08. The van der Waals surface area contributed by atoms with E-state index in [1.54, 1.807) is 24.3 Å². The van der Waals surface area contributed by atoms with Gasteiger partial charge in [0.1, 0.15) is 5.82 Å². The number of halogens is 1. The molecule has 0 atom stereocenters. The van der Waals surface area contributed by atoms with Crippen LogP contribution < -0.4 is 10.0 Å². The minimum atomic E-state index is -3.73. The number of sulfonamides is 1. The van der Waals surface area contributed by atoms with Crippen LogP contribution in [-0.4, -0.2) is 27.4 Å². The molecule has 2 N–H and O–H groups in total. The van der Waals surface area contributed by atoms with Crippen molar-refractivity contribution < 1.29 is 17.6 Å². The van der Waals surface area contributed by atoms with Gasteiger partial charge < -0.3 is 5.32 Å². The maximum atomic E-state index is 12.8. The first kappa shape index (κ1) is 19.1. The van der Waals surface area contributed by atoms with Crippen LogP contribution in [-0.2, 0) is 21.2 Å². The van der Waals surface area contributed by atoms with Crippen molar-refractivity contribution in [3.8, 4) is 0 Å². The summed E-state index contributed by atoms with van der Waals surface area (Å²) >= 11 is 0. The normalized spacial score (nSPS) is 11.3. The topological polar surface area (TPSA) is 75.3 Å². The van der Waals surface area contributed by atoms with E-state index < -0.39 is 15.9 Å². The van der Waals surface area contributed by atoms with Gasteiger partial charge in [0.25, 0.3) is 0 Å². The Morgan fingerprint density at radius 1 is 1.04 bits per heavy atom. The zero-order chi connectivity index (χ0) is 18.4. The first-order valence-electron chi connectivity index (χ1n) is 7.86. The van der Waals surface area contributed by atoms with E-state index in [9.17, 15) is 17.6 Å². The van der Waals surface area contributed by atoms with Crippen molar-refractivity contribution in [2.45, 2.75) is 25.2 Å². The van der Waals surface area contributed by atoms with E-state index in [0.29, 0.717) is 13.0 Å². The smallest absolute Gasteiger partial charge is 0.241 e. The molecule has 25 heavy (non-hydrogen) atoms. The van der Waals surface area contributed by atoms with Crippen LogP contribution >= 0.6 is 0 Å². The molecule has 0 radical (unpaired) electrons. The van der Waals surface area contributed by atoms with Crippen LogP contribution in [0.4, 0.5) is 4.39 Å². The number of carbonyl (C=O) groups is 1. The highest BCUT2D eigenvalue weighted by atomic mass is 32.2. The van der Waals surface area contributed by atoms with Gasteiger partial charge in [-0.15, -0.1) is 0 Å². The maximum absolute atomic E-state index is 12.8. The molecule has 0 fully saturated rings. The molecule has 0 aliphatic heterocycles. The van der Waals surface area contributed by atoms with Gasteiger partial charge in [0.05, 0.1) is 11.4 Å². The molecule has 0 aromatic heterocycles. The molecule has 0 bridgehead atoms. The third-order valence-electron chi connectivity index (χ3n) is 3.86. The van der Waals surface area contributed by atoms with Crippen LogP contribution in [0.2, 0.25) is 0 Å². The molecular formula is C18H21FN2O3S. The molecule has 5 nitrogen and oxygen atoms in total. The standard InChI is InChI=1S/C18H21FN2O3S/c1-13-3-8-17(11-14(13)2)25(23,24)21-12-18(22)20-10-9-15-4-6-16(19)7-5-15/h3-8,11,21H,9-10,12H2,1-2H3,(H,20,22). The van der Waals surface area contributed by atoms with E-state index >= 15 is 0 Å². The summed E-state index contributed by atoms with van der Waals surface area (Å²) in [5.74, 6) is -0.733. The third kappa shape index (κ3) is 5.65. The van der Waals surface area contributed by atoms with Crippen LogP contribution in [0.5, 0.6) is 0 Å².